The van der Waals surface area contributed by atoms with Crippen molar-refractivity contribution in [3.05, 3.63) is 34.9 Å². The van der Waals surface area contributed by atoms with E-state index in [4.69, 9.17) is 14.2 Å². The number of carbonyl (C=O) groups excluding carboxylic acids is 2. The summed E-state index contributed by atoms with van der Waals surface area (Å²) in [5, 5.41) is 9.97. The van der Waals surface area contributed by atoms with E-state index in [9.17, 15) is 14.7 Å². The Hall–Kier alpha value is -1.92. The second kappa shape index (κ2) is 8.40. The Balaban J connectivity index is 1.87. The Labute approximate surface area is 160 Å². The van der Waals surface area contributed by atoms with Gasteiger partial charge in [0.25, 0.3) is 0 Å². The van der Waals surface area contributed by atoms with E-state index < -0.39 is 17.5 Å². The molecule has 2 aliphatic rings. The summed E-state index contributed by atoms with van der Waals surface area (Å²) in [6, 6.07) is 0. The minimum atomic E-state index is -1.02. The molecule has 150 valence electrons. The molecule has 2 aliphatic heterocycles. The number of rotatable bonds is 7. The van der Waals surface area contributed by atoms with Gasteiger partial charge in [-0.05, 0) is 53.4 Å². The number of esters is 2. The Kier molecular flexibility index (Phi) is 6.65. The maximum absolute atomic E-state index is 12.1. The maximum Gasteiger partial charge on any atom is 0.334 e. The van der Waals surface area contributed by atoms with Crippen molar-refractivity contribution in [2.45, 2.75) is 77.3 Å². The van der Waals surface area contributed by atoms with Crippen LogP contribution in [0.2, 0.25) is 0 Å². The lowest BCUT2D eigenvalue weighted by molar-refractivity contribution is -0.190. The summed E-state index contributed by atoms with van der Waals surface area (Å²) >= 11 is 0. The van der Waals surface area contributed by atoms with Crippen LogP contribution in [0.25, 0.3) is 0 Å². The van der Waals surface area contributed by atoms with Gasteiger partial charge in [0, 0.05) is 30.8 Å². The number of hydrogen-bond donors (Lipinski definition) is 1. The topological polar surface area (TPSA) is 82.1 Å². The quantitative estimate of drug-likeness (QED) is 0.416. The number of hydrogen-bond acceptors (Lipinski definition) is 6. The molecular formula is C21H30O6. The molecule has 0 aromatic rings. The highest BCUT2D eigenvalue weighted by Gasteiger charge is 2.40. The molecule has 0 spiro atoms. The predicted octanol–water partition coefficient (Wildman–Crippen LogP) is 3.35. The molecule has 2 atom stereocenters. The zero-order chi connectivity index (χ0) is 20.2. The highest BCUT2D eigenvalue weighted by molar-refractivity contribution is 5.89. The average Bonchev–Trinajstić information content (AvgIpc) is 2.87. The van der Waals surface area contributed by atoms with Crippen LogP contribution < -0.4 is 0 Å². The van der Waals surface area contributed by atoms with Crippen molar-refractivity contribution in [2.24, 2.45) is 0 Å². The van der Waals surface area contributed by atoms with Gasteiger partial charge in [0.1, 0.15) is 6.10 Å². The molecule has 2 heterocycles. The fourth-order valence-corrected chi connectivity index (χ4v) is 3.27. The molecule has 0 aromatic heterocycles. The minimum absolute atomic E-state index is 0.341. The Morgan fingerprint density at radius 1 is 1.44 bits per heavy atom. The first-order chi connectivity index (χ1) is 12.6. The minimum Gasteiger partial charge on any atom is -0.456 e. The molecule has 27 heavy (non-hydrogen) atoms. The van der Waals surface area contributed by atoms with Crippen LogP contribution in [0.15, 0.2) is 34.9 Å². The molecule has 2 rings (SSSR count). The maximum atomic E-state index is 12.1. The summed E-state index contributed by atoms with van der Waals surface area (Å²) in [6.45, 7) is 7.12. The van der Waals surface area contributed by atoms with Crippen LogP contribution in [0.1, 0.15) is 59.8 Å². The average molecular weight is 378 g/mol. The van der Waals surface area contributed by atoms with Crippen molar-refractivity contribution in [1.29, 1.82) is 0 Å². The highest BCUT2D eigenvalue weighted by atomic mass is 16.7. The summed E-state index contributed by atoms with van der Waals surface area (Å²) in [6.07, 6.45) is 8.10. The van der Waals surface area contributed by atoms with Gasteiger partial charge in [-0.3, -0.25) is 0 Å². The van der Waals surface area contributed by atoms with Crippen LogP contribution in [-0.2, 0) is 23.8 Å². The molecule has 1 N–H and O–H groups in total. The van der Waals surface area contributed by atoms with Gasteiger partial charge in [0.2, 0.25) is 5.79 Å². The van der Waals surface area contributed by atoms with E-state index in [0.29, 0.717) is 31.3 Å². The van der Waals surface area contributed by atoms with Crippen LogP contribution in [0.4, 0.5) is 0 Å². The summed E-state index contributed by atoms with van der Waals surface area (Å²) in [4.78, 5) is 23.6. The number of ether oxygens (including phenoxy) is 3. The molecule has 0 bridgehead atoms. The molecule has 1 saturated heterocycles. The van der Waals surface area contributed by atoms with E-state index in [1.807, 2.05) is 26.0 Å². The van der Waals surface area contributed by atoms with Gasteiger partial charge in [-0.15, -0.1) is 0 Å². The van der Waals surface area contributed by atoms with Gasteiger partial charge in [-0.25, -0.2) is 9.59 Å². The molecule has 1 fully saturated rings. The summed E-state index contributed by atoms with van der Waals surface area (Å²) in [7, 11) is 1.53. The predicted molar refractivity (Wildman–Crippen MR) is 101 cm³/mol. The summed E-state index contributed by atoms with van der Waals surface area (Å²) < 4.78 is 16.1. The van der Waals surface area contributed by atoms with Gasteiger partial charge < -0.3 is 19.3 Å². The van der Waals surface area contributed by atoms with Crippen LogP contribution in [-0.4, -0.2) is 41.6 Å². The Morgan fingerprint density at radius 2 is 2.15 bits per heavy atom. The zero-order valence-corrected chi connectivity index (χ0v) is 16.8. The lowest BCUT2D eigenvalue weighted by atomic mass is 9.92. The number of allylic oxidation sites excluding steroid dienone is 2. The van der Waals surface area contributed by atoms with Crippen LogP contribution in [0.3, 0.4) is 0 Å². The zero-order valence-electron chi connectivity index (χ0n) is 16.8. The van der Waals surface area contributed by atoms with Crippen LogP contribution >= 0.6 is 0 Å². The number of methoxy groups -OCH3 is 1. The highest BCUT2D eigenvalue weighted by Crippen LogP contribution is 2.33. The molecule has 2 unspecified atom stereocenters. The largest absolute Gasteiger partial charge is 0.456 e. The van der Waals surface area contributed by atoms with Gasteiger partial charge in [-0.2, -0.15) is 0 Å². The third kappa shape index (κ3) is 5.30. The fourth-order valence-electron chi connectivity index (χ4n) is 3.27. The molecule has 6 nitrogen and oxygen atoms in total. The first kappa shape index (κ1) is 21.4. The third-order valence-electron chi connectivity index (χ3n) is 5.15. The molecule has 6 heteroatoms. The van der Waals surface area contributed by atoms with E-state index in [-0.39, 0.29) is 11.9 Å². The van der Waals surface area contributed by atoms with Crippen molar-refractivity contribution in [1.82, 2.24) is 0 Å². The normalized spacial score (nSPS) is 28.2. The molecule has 0 radical (unpaired) electrons. The lowest BCUT2D eigenvalue weighted by Gasteiger charge is -2.32. The molecule has 0 amide bonds. The Bertz CT molecular complexity index is 679. The van der Waals surface area contributed by atoms with E-state index in [1.165, 1.54) is 13.2 Å². The first-order valence-corrected chi connectivity index (χ1v) is 9.32. The van der Waals surface area contributed by atoms with Crippen molar-refractivity contribution in [3.63, 3.8) is 0 Å². The monoisotopic (exact) mass is 378 g/mol. The van der Waals surface area contributed by atoms with Crippen molar-refractivity contribution in [2.75, 3.05) is 7.11 Å². The van der Waals surface area contributed by atoms with Crippen molar-refractivity contribution >= 4 is 11.9 Å². The van der Waals surface area contributed by atoms with Gasteiger partial charge in [0.15, 0.2) is 0 Å². The molecule has 0 aromatic carbocycles. The van der Waals surface area contributed by atoms with Crippen molar-refractivity contribution < 1.29 is 28.9 Å². The van der Waals surface area contributed by atoms with Gasteiger partial charge >= 0.3 is 11.9 Å². The van der Waals surface area contributed by atoms with Crippen molar-refractivity contribution in [3.8, 4) is 0 Å². The summed E-state index contributed by atoms with van der Waals surface area (Å²) in [5.74, 6) is -1.73. The Morgan fingerprint density at radius 3 is 2.67 bits per heavy atom. The van der Waals surface area contributed by atoms with E-state index >= 15 is 0 Å². The van der Waals surface area contributed by atoms with E-state index in [1.54, 1.807) is 13.8 Å². The van der Waals surface area contributed by atoms with Crippen LogP contribution in [0.5, 0.6) is 0 Å². The first-order valence-electron chi connectivity index (χ1n) is 9.32. The smallest absolute Gasteiger partial charge is 0.334 e. The molecular weight excluding hydrogens is 348 g/mol. The number of aliphatic hydroxyl groups is 1. The van der Waals surface area contributed by atoms with Crippen LogP contribution in [0, 0.1) is 0 Å². The van der Waals surface area contributed by atoms with E-state index in [0.717, 1.165) is 17.6 Å². The molecule has 0 aliphatic carbocycles. The SMILES string of the molecule is COC1(C/C=C(\C)CC/C=C2\CCC(C(C)(C)O)OC2=O)OC(=O)C=C1C. The molecule has 0 saturated carbocycles. The van der Waals surface area contributed by atoms with E-state index in [2.05, 4.69) is 0 Å². The summed E-state index contributed by atoms with van der Waals surface area (Å²) in [5.41, 5.74) is 1.53. The lowest BCUT2D eigenvalue weighted by Crippen LogP contribution is -2.42. The van der Waals surface area contributed by atoms with Gasteiger partial charge in [0.05, 0.1) is 5.60 Å². The van der Waals surface area contributed by atoms with Gasteiger partial charge in [-0.1, -0.05) is 17.7 Å². The second-order valence-electron chi connectivity index (χ2n) is 7.81. The third-order valence-corrected chi connectivity index (χ3v) is 5.15. The fraction of sp³-hybridized carbons (Fsp3) is 0.619. The number of cyclic esters (lactones) is 2. The number of carbonyl (C=O) groups is 2. The second-order valence-corrected chi connectivity index (χ2v) is 7.81. The standard InChI is InChI=1S/C21H30O6/c1-14(11-12-21(25-5)15(2)13-18(22)27-21)7-6-8-16-9-10-17(20(3,4)24)26-19(16)23/h8,11,13,17,24H,6-7,9-10,12H2,1-5H3/b14-11+,16-8+.